The van der Waals surface area contributed by atoms with Crippen LogP contribution < -0.4 is 10.7 Å². The Hall–Kier alpha value is -4.47. The van der Waals surface area contributed by atoms with Gasteiger partial charge in [-0.15, -0.1) is 0 Å². The lowest BCUT2D eigenvalue weighted by Gasteiger charge is -2.37. The number of aromatic hydroxyl groups is 1. The minimum atomic E-state index is -1.54. The first-order valence-corrected chi connectivity index (χ1v) is 10.5. The van der Waals surface area contributed by atoms with Crippen molar-refractivity contribution in [2.45, 2.75) is 33.0 Å². The van der Waals surface area contributed by atoms with Crippen LogP contribution in [0.2, 0.25) is 0 Å². The van der Waals surface area contributed by atoms with Gasteiger partial charge in [0.15, 0.2) is 11.4 Å². The molecule has 2 aromatic heterocycles. The Kier molecular flexibility index (Phi) is 5.89. The SMILES string of the molecule is Cc1cccc(C)c1NC(=O)C1Cn2cc(C(=O)O)c(=O)c(O)c2C(=O)N1Cc1cccnc1. The smallest absolute Gasteiger partial charge is 0.341 e. The van der Waals surface area contributed by atoms with Gasteiger partial charge in [-0.25, -0.2) is 4.79 Å². The molecule has 0 spiro atoms. The van der Waals surface area contributed by atoms with E-state index in [1.807, 2.05) is 32.0 Å². The van der Waals surface area contributed by atoms with Crippen molar-refractivity contribution in [3.05, 3.63) is 87.1 Å². The minimum absolute atomic E-state index is 0.00811. The van der Waals surface area contributed by atoms with Gasteiger partial charge in [0, 0.05) is 30.8 Å². The number of carboxylic acids is 1. The van der Waals surface area contributed by atoms with Crippen LogP contribution in [0.5, 0.6) is 5.75 Å². The molecule has 1 aliphatic rings. The van der Waals surface area contributed by atoms with E-state index in [0.29, 0.717) is 11.3 Å². The lowest BCUT2D eigenvalue weighted by Crippen LogP contribution is -2.54. The second-order valence-electron chi connectivity index (χ2n) is 8.09. The van der Waals surface area contributed by atoms with Gasteiger partial charge in [0.25, 0.3) is 5.91 Å². The number of rotatable bonds is 5. The molecule has 1 unspecified atom stereocenters. The predicted molar refractivity (Wildman–Crippen MR) is 122 cm³/mol. The molecule has 3 aromatic rings. The molecule has 3 N–H and O–H groups in total. The van der Waals surface area contributed by atoms with Crippen molar-refractivity contribution in [2.75, 3.05) is 5.32 Å². The van der Waals surface area contributed by atoms with Gasteiger partial charge >= 0.3 is 5.97 Å². The van der Waals surface area contributed by atoms with Crippen molar-refractivity contribution in [1.29, 1.82) is 0 Å². The highest BCUT2D eigenvalue weighted by Gasteiger charge is 2.40. The molecule has 4 rings (SSSR count). The Morgan fingerprint density at radius 2 is 1.85 bits per heavy atom. The first-order chi connectivity index (χ1) is 16.2. The second kappa shape index (κ2) is 8.81. The average Bonchev–Trinajstić information content (AvgIpc) is 2.80. The molecule has 3 heterocycles. The van der Waals surface area contributed by atoms with Gasteiger partial charge in [0.1, 0.15) is 11.6 Å². The Morgan fingerprint density at radius 1 is 1.15 bits per heavy atom. The molecule has 2 amide bonds. The molecule has 0 bridgehead atoms. The third kappa shape index (κ3) is 4.01. The average molecular weight is 462 g/mol. The second-order valence-corrected chi connectivity index (χ2v) is 8.09. The van der Waals surface area contributed by atoms with E-state index in [0.717, 1.165) is 21.9 Å². The number of aryl methyl sites for hydroxylation is 2. The van der Waals surface area contributed by atoms with Crippen LogP contribution in [0.3, 0.4) is 0 Å². The number of amides is 2. The number of carbonyl (C=O) groups is 3. The van der Waals surface area contributed by atoms with Crippen molar-refractivity contribution in [2.24, 2.45) is 0 Å². The van der Waals surface area contributed by atoms with E-state index in [9.17, 15) is 29.4 Å². The first kappa shape index (κ1) is 22.7. The van der Waals surface area contributed by atoms with Crippen LogP contribution in [0.15, 0.2) is 53.7 Å². The number of aromatic carboxylic acids is 1. The molecule has 174 valence electrons. The van der Waals surface area contributed by atoms with Crippen LogP contribution in [0.4, 0.5) is 5.69 Å². The van der Waals surface area contributed by atoms with Gasteiger partial charge in [-0.1, -0.05) is 24.3 Å². The van der Waals surface area contributed by atoms with E-state index in [2.05, 4.69) is 10.3 Å². The van der Waals surface area contributed by atoms with E-state index in [1.165, 1.54) is 4.90 Å². The number of benzene rings is 1. The maximum absolute atomic E-state index is 13.4. The van der Waals surface area contributed by atoms with Crippen molar-refractivity contribution in [3.8, 4) is 5.75 Å². The summed E-state index contributed by atoms with van der Waals surface area (Å²) in [5.74, 6) is -3.77. The molecular formula is C24H22N4O6. The van der Waals surface area contributed by atoms with Crippen molar-refractivity contribution < 1.29 is 24.6 Å². The maximum atomic E-state index is 13.4. The van der Waals surface area contributed by atoms with Crippen molar-refractivity contribution in [1.82, 2.24) is 14.5 Å². The summed E-state index contributed by atoms with van der Waals surface area (Å²) in [6, 6.07) is 7.92. The monoisotopic (exact) mass is 462 g/mol. The summed E-state index contributed by atoms with van der Waals surface area (Å²) in [6.45, 7) is 3.52. The van der Waals surface area contributed by atoms with Gasteiger partial charge in [-0.05, 0) is 36.6 Å². The molecule has 0 saturated carbocycles. The largest absolute Gasteiger partial charge is 0.503 e. The van der Waals surface area contributed by atoms with E-state index in [-0.39, 0.29) is 18.8 Å². The summed E-state index contributed by atoms with van der Waals surface area (Å²) >= 11 is 0. The van der Waals surface area contributed by atoms with E-state index in [4.69, 9.17) is 0 Å². The molecule has 0 aliphatic carbocycles. The topological polar surface area (TPSA) is 142 Å². The van der Waals surface area contributed by atoms with Gasteiger partial charge in [0.2, 0.25) is 11.3 Å². The maximum Gasteiger partial charge on any atom is 0.341 e. The van der Waals surface area contributed by atoms with Gasteiger partial charge < -0.3 is 25.0 Å². The predicted octanol–water partition coefficient (Wildman–Crippen LogP) is 1.93. The van der Waals surface area contributed by atoms with Crippen LogP contribution in [0.1, 0.15) is 37.5 Å². The molecule has 10 nitrogen and oxygen atoms in total. The molecule has 10 heteroatoms. The third-order valence-electron chi connectivity index (χ3n) is 5.80. The van der Waals surface area contributed by atoms with E-state index >= 15 is 0 Å². The first-order valence-electron chi connectivity index (χ1n) is 10.5. The Morgan fingerprint density at radius 3 is 2.47 bits per heavy atom. The van der Waals surface area contributed by atoms with Crippen LogP contribution in [0.25, 0.3) is 0 Å². The fourth-order valence-corrected chi connectivity index (χ4v) is 4.05. The number of aromatic nitrogens is 2. The highest BCUT2D eigenvalue weighted by molar-refractivity contribution is 6.03. The summed E-state index contributed by atoms with van der Waals surface area (Å²) < 4.78 is 1.15. The lowest BCUT2D eigenvalue weighted by atomic mass is 10.0. The van der Waals surface area contributed by atoms with Crippen LogP contribution >= 0.6 is 0 Å². The van der Waals surface area contributed by atoms with E-state index < -0.39 is 40.6 Å². The molecule has 34 heavy (non-hydrogen) atoms. The number of para-hydroxylation sites is 1. The summed E-state index contributed by atoms with van der Waals surface area (Å²) in [6.07, 6.45) is 4.10. The van der Waals surface area contributed by atoms with Gasteiger partial charge in [-0.2, -0.15) is 0 Å². The lowest BCUT2D eigenvalue weighted by molar-refractivity contribution is -0.121. The van der Waals surface area contributed by atoms with E-state index in [1.54, 1.807) is 24.5 Å². The standard InChI is InChI=1S/C24H22N4O6/c1-13-5-3-6-14(2)18(13)26-22(31)17-12-27-11-16(24(33)34)20(29)21(30)19(27)23(32)28(17)10-15-7-4-8-25-9-15/h3-9,11,17,30H,10,12H2,1-2H3,(H,26,31)(H,33,34). The number of pyridine rings is 2. The summed E-state index contributed by atoms with van der Waals surface area (Å²) in [4.78, 5) is 55.9. The fourth-order valence-electron chi connectivity index (χ4n) is 4.05. The normalized spacial score (nSPS) is 15.1. The number of fused-ring (bicyclic) bond motifs is 1. The molecule has 0 radical (unpaired) electrons. The summed E-state index contributed by atoms with van der Waals surface area (Å²) in [5, 5.41) is 22.6. The summed E-state index contributed by atoms with van der Waals surface area (Å²) in [5.41, 5.74) is 0.707. The van der Waals surface area contributed by atoms with Gasteiger partial charge in [-0.3, -0.25) is 19.4 Å². The zero-order chi connectivity index (χ0) is 24.6. The number of hydrogen-bond acceptors (Lipinski definition) is 6. The third-order valence-corrected chi connectivity index (χ3v) is 5.80. The number of hydrogen-bond donors (Lipinski definition) is 3. The number of carbonyl (C=O) groups excluding carboxylic acids is 2. The molecular weight excluding hydrogens is 440 g/mol. The van der Waals surface area contributed by atoms with Crippen LogP contribution in [-0.4, -0.2) is 48.5 Å². The Bertz CT molecular complexity index is 1350. The number of carboxylic acid groups (broad SMARTS) is 1. The fraction of sp³-hybridized carbons (Fsp3) is 0.208. The number of anilines is 1. The number of nitrogens with zero attached hydrogens (tertiary/aromatic N) is 3. The highest BCUT2D eigenvalue weighted by atomic mass is 16.4. The zero-order valence-electron chi connectivity index (χ0n) is 18.5. The molecule has 0 fully saturated rings. The summed E-state index contributed by atoms with van der Waals surface area (Å²) in [7, 11) is 0. The molecule has 0 saturated heterocycles. The van der Waals surface area contributed by atoms with Gasteiger partial charge in [0.05, 0.1) is 6.54 Å². The van der Waals surface area contributed by atoms with Crippen molar-refractivity contribution in [3.63, 3.8) is 0 Å². The molecule has 1 aliphatic heterocycles. The zero-order valence-corrected chi connectivity index (χ0v) is 18.5. The molecule has 1 atom stereocenters. The quantitative estimate of drug-likeness (QED) is 0.526. The Balaban J connectivity index is 1.80. The Labute approximate surface area is 194 Å². The van der Waals surface area contributed by atoms with Crippen LogP contribution in [0, 0.1) is 13.8 Å². The number of nitrogens with one attached hydrogen (secondary N) is 1. The van der Waals surface area contributed by atoms with Crippen molar-refractivity contribution >= 4 is 23.5 Å². The highest BCUT2D eigenvalue weighted by Crippen LogP contribution is 2.27. The molecule has 1 aromatic carbocycles. The van der Waals surface area contributed by atoms with Crippen LogP contribution in [-0.2, 0) is 17.9 Å². The minimum Gasteiger partial charge on any atom is -0.503 e.